The average Bonchev–Trinajstić information content (AvgIpc) is 2.19. The highest BCUT2D eigenvalue weighted by atomic mass is 16.1. The zero-order valence-corrected chi connectivity index (χ0v) is 7.69. The maximum absolute atomic E-state index is 11.0. The van der Waals surface area contributed by atoms with Crippen molar-refractivity contribution in [1.29, 1.82) is 0 Å². The Kier molecular flexibility index (Phi) is 2.10. The van der Waals surface area contributed by atoms with E-state index in [9.17, 15) is 4.79 Å². The van der Waals surface area contributed by atoms with Crippen LogP contribution in [0.5, 0.6) is 0 Å². The lowest BCUT2D eigenvalue weighted by Crippen LogP contribution is -2.06. The van der Waals surface area contributed by atoms with E-state index in [0.29, 0.717) is 11.5 Å². The lowest BCUT2D eigenvalue weighted by atomic mass is 10.2. The van der Waals surface area contributed by atoms with Crippen molar-refractivity contribution >= 4 is 0 Å². The minimum absolute atomic E-state index is 0.169. The summed E-state index contributed by atoms with van der Waals surface area (Å²) in [5.74, 6) is 0.498. The summed E-state index contributed by atoms with van der Waals surface area (Å²) < 4.78 is 0. The molecule has 2 aromatic heterocycles. The number of H-pyrrole nitrogens is 1. The molecule has 0 atom stereocenters. The molecule has 70 valence electrons. The first-order valence-electron chi connectivity index (χ1n) is 4.24. The molecule has 0 aromatic carbocycles. The number of pyridine rings is 1. The van der Waals surface area contributed by atoms with Gasteiger partial charge in [-0.3, -0.25) is 9.78 Å². The molecular weight excluding hydrogens is 178 g/mol. The van der Waals surface area contributed by atoms with E-state index in [-0.39, 0.29) is 5.56 Å². The Morgan fingerprint density at radius 3 is 2.71 bits per heavy atom. The van der Waals surface area contributed by atoms with E-state index in [1.807, 2.05) is 19.1 Å². The molecule has 0 radical (unpaired) electrons. The highest BCUT2D eigenvalue weighted by Gasteiger charge is 1.99. The fourth-order valence-electron chi connectivity index (χ4n) is 1.11. The molecule has 0 amide bonds. The van der Waals surface area contributed by atoms with Gasteiger partial charge < -0.3 is 4.98 Å². The van der Waals surface area contributed by atoms with Crippen LogP contribution in [0.15, 0.2) is 35.4 Å². The normalized spacial score (nSPS) is 10.1. The topological polar surface area (TPSA) is 58.6 Å². The van der Waals surface area contributed by atoms with Gasteiger partial charge in [-0.05, 0) is 18.6 Å². The molecule has 4 nitrogen and oxygen atoms in total. The molecule has 2 heterocycles. The van der Waals surface area contributed by atoms with Crippen molar-refractivity contribution < 1.29 is 0 Å². The second-order valence-electron chi connectivity index (χ2n) is 3.00. The summed E-state index contributed by atoms with van der Waals surface area (Å²) in [4.78, 5) is 21.8. The van der Waals surface area contributed by atoms with E-state index in [1.165, 1.54) is 12.3 Å². The number of aromatic nitrogens is 3. The highest BCUT2D eigenvalue weighted by Crippen LogP contribution is 2.08. The van der Waals surface area contributed by atoms with Gasteiger partial charge in [0.05, 0.1) is 0 Å². The van der Waals surface area contributed by atoms with Crippen LogP contribution in [0.1, 0.15) is 5.56 Å². The summed E-state index contributed by atoms with van der Waals surface area (Å²) in [6, 6.07) is 5.13. The Balaban J connectivity index is 2.50. The van der Waals surface area contributed by atoms with Crippen LogP contribution in [-0.2, 0) is 0 Å². The van der Waals surface area contributed by atoms with Crippen LogP contribution in [-0.4, -0.2) is 15.0 Å². The molecule has 1 N–H and O–H groups in total. The van der Waals surface area contributed by atoms with Crippen LogP contribution >= 0.6 is 0 Å². The third-order valence-corrected chi connectivity index (χ3v) is 1.83. The Bertz CT molecular complexity index is 487. The molecule has 0 unspecified atom stereocenters. The number of hydrogen-bond acceptors (Lipinski definition) is 3. The lowest BCUT2D eigenvalue weighted by molar-refractivity contribution is 1.10. The Morgan fingerprint density at radius 1 is 1.21 bits per heavy atom. The van der Waals surface area contributed by atoms with Crippen molar-refractivity contribution in [3.8, 4) is 11.5 Å². The minimum Gasteiger partial charge on any atom is -0.305 e. The third kappa shape index (κ3) is 1.69. The van der Waals surface area contributed by atoms with E-state index in [1.54, 1.807) is 6.20 Å². The van der Waals surface area contributed by atoms with Crippen molar-refractivity contribution in [3.63, 3.8) is 0 Å². The number of aryl methyl sites for hydroxylation is 1. The van der Waals surface area contributed by atoms with Crippen molar-refractivity contribution in [2.75, 3.05) is 0 Å². The maximum Gasteiger partial charge on any atom is 0.251 e. The first kappa shape index (κ1) is 8.62. The second-order valence-corrected chi connectivity index (χ2v) is 3.00. The zero-order valence-electron chi connectivity index (χ0n) is 7.69. The van der Waals surface area contributed by atoms with Crippen molar-refractivity contribution in [2.24, 2.45) is 0 Å². The molecule has 4 heteroatoms. The van der Waals surface area contributed by atoms with Gasteiger partial charge in [-0.25, -0.2) is 4.98 Å². The van der Waals surface area contributed by atoms with E-state index in [0.717, 1.165) is 5.56 Å². The maximum atomic E-state index is 11.0. The Labute approximate surface area is 80.7 Å². The quantitative estimate of drug-likeness (QED) is 0.728. The molecular formula is C10H9N3O. The number of nitrogens with zero attached hydrogens (tertiary/aromatic N) is 2. The van der Waals surface area contributed by atoms with E-state index in [2.05, 4.69) is 15.0 Å². The smallest absolute Gasteiger partial charge is 0.251 e. The van der Waals surface area contributed by atoms with Gasteiger partial charge in [-0.1, -0.05) is 6.07 Å². The monoisotopic (exact) mass is 187 g/mol. The van der Waals surface area contributed by atoms with Crippen molar-refractivity contribution in [2.45, 2.75) is 6.92 Å². The summed E-state index contributed by atoms with van der Waals surface area (Å²) in [6.07, 6.45) is 3.21. The molecule has 0 spiro atoms. The molecule has 2 rings (SSSR count). The predicted molar refractivity (Wildman–Crippen MR) is 52.8 cm³/mol. The van der Waals surface area contributed by atoms with E-state index in [4.69, 9.17) is 0 Å². The molecule has 0 saturated heterocycles. The van der Waals surface area contributed by atoms with E-state index < -0.39 is 0 Å². The Morgan fingerprint density at radius 2 is 2.07 bits per heavy atom. The van der Waals surface area contributed by atoms with Crippen LogP contribution in [0.2, 0.25) is 0 Å². The predicted octanol–water partition coefficient (Wildman–Crippen LogP) is 1.14. The first-order chi connectivity index (χ1) is 6.75. The van der Waals surface area contributed by atoms with Crippen LogP contribution in [0, 0.1) is 6.92 Å². The summed E-state index contributed by atoms with van der Waals surface area (Å²) in [5, 5.41) is 0. The molecule has 0 aliphatic carbocycles. The zero-order chi connectivity index (χ0) is 9.97. The molecule has 0 fully saturated rings. The number of nitrogens with one attached hydrogen (secondary N) is 1. The van der Waals surface area contributed by atoms with Gasteiger partial charge in [-0.2, -0.15) is 0 Å². The second kappa shape index (κ2) is 3.41. The molecule has 0 aliphatic heterocycles. The molecule has 2 aromatic rings. The van der Waals surface area contributed by atoms with Crippen LogP contribution in [0.25, 0.3) is 11.5 Å². The molecule has 0 bridgehead atoms. The van der Waals surface area contributed by atoms with Gasteiger partial charge in [0.2, 0.25) is 0 Å². The van der Waals surface area contributed by atoms with Crippen LogP contribution < -0.4 is 5.56 Å². The van der Waals surface area contributed by atoms with Crippen LogP contribution in [0.3, 0.4) is 0 Å². The van der Waals surface area contributed by atoms with Gasteiger partial charge in [0.15, 0.2) is 5.82 Å². The third-order valence-electron chi connectivity index (χ3n) is 1.83. The summed E-state index contributed by atoms with van der Waals surface area (Å²) in [6.45, 7) is 1.96. The molecule has 0 saturated carbocycles. The highest BCUT2D eigenvalue weighted by molar-refractivity contribution is 5.48. The number of rotatable bonds is 1. The summed E-state index contributed by atoms with van der Waals surface area (Å²) >= 11 is 0. The average molecular weight is 187 g/mol. The number of hydrogen-bond donors (Lipinski definition) is 1. The molecule has 0 aliphatic rings. The van der Waals surface area contributed by atoms with Crippen molar-refractivity contribution in [1.82, 2.24) is 15.0 Å². The van der Waals surface area contributed by atoms with Gasteiger partial charge in [-0.15, -0.1) is 0 Å². The van der Waals surface area contributed by atoms with Gasteiger partial charge in [0.1, 0.15) is 5.69 Å². The summed E-state index contributed by atoms with van der Waals surface area (Å²) in [7, 11) is 0. The fourth-order valence-corrected chi connectivity index (χ4v) is 1.11. The standard InChI is InChI=1S/C10H9N3O/c1-7-2-3-8(12-6-7)10-11-5-4-9(14)13-10/h2-6H,1H3,(H,11,13,14). The van der Waals surface area contributed by atoms with Gasteiger partial charge >= 0.3 is 0 Å². The van der Waals surface area contributed by atoms with Gasteiger partial charge in [0, 0.05) is 18.5 Å². The first-order valence-corrected chi connectivity index (χ1v) is 4.24. The Hall–Kier alpha value is -1.97. The lowest BCUT2D eigenvalue weighted by Gasteiger charge is -1.98. The SMILES string of the molecule is Cc1ccc(-c2nccc(=O)[nH]2)nc1. The van der Waals surface area contributed by atoms with Crippen molar-refractivity contribution in [3.05, 3.63) is 46.5 Å². The van der Waals surface area contributed by atoms with E-state index >= 15 is 0 Å². The number of aromatic amines is 1. The van der Waals surface area contributed by atoms with Gasteiger partial charge in [0.25, 0.3) is 5.56 Å². The molecule has 14 heavy (non-hydrogen) atoms. The van der Waals surface area contributed by atoms with Crippen LogP contribution in [0.4, 0.5) is 0 Å². The largest absolute Gasteiger partial charge is 0.305 e. The fraction of sp³-hybridized carbons (Fsp3) is 0.100. The minimum atomic E-state index is -0.169. The summed E-state index contributed by atoms with van der Waals surface area (Å²) in [5.41, 5.74) is 1.58.